The SMILES string of the molecule is CC1CC(C)C(O)C1O. The third-order valence-corrected chi connectivity index (χ3v) is 2.26. The normalized spacial score (nSPS) is 52.0. The van der Waals surface area contributed by atoms with Gasteiger partial charge < -0.3 is 10.2 Å². The Bertz CT molecular complexity index is 91.1. The minimum Gasteiger partial charge on any atom is -0.390 e. The summed E-state index contributed by atoms with van der Waals surface area (Å²) in [7, 11) is 0. The lowest BCUT2D eigenvalue weighted by Crippen LogP contribution is -2.26. The second kappa shape index (κ2) is 2.27. The van der Waals surface area contributed by atoms with Crippen molar-refractivity contribution in [2.75, 3.05) is 0 Å². The number of hydrogen-bond acceptors (Lipinski definition) is 2. The molecule has 0 radical (unpaired) electrons. The van der Waals surface area contributed by atoms with Crippen LogP contribution in [0.1, 0.15) is 20.3 Å². The van der Waals surface area contributed by atoms with Crippen LogP contribution in [0, 0.1) is 11.8 Å². The first-order valence-electron chi connectivity index (χ1n) is 3.49. The van der Waals surface area contributed by atoms with Gasteiger partial charge in [-0.25, -0.2) is 0 Å². The van der Waals surface area contributed by atoms with Crippen molar-refractivity contribution >= 4 is 0 Å². The Kier molecular flexibility index (Phi) is 1.78. The molecule has 0 amide bonds. The van der Waals surface area contributed by atoms with Crippen molar-refractivity contribution in [1.29, 1.82) is 0 Å². The van der Waals surface area contributed by atoms with E-state index in [-0.39, 0.29) is 11.8 Å². The van der Waals surface area contributed by atoms with Crippen molar-refractivity contribution in [1.82, 2.24) is 0 Å². The molecule has 0 aliphatic heterocycles. The molecule has 2 nitrogen and oxygen atoms in total. The van der Waals surface area contributed by atoms with Gasteiger partial charge >= 0.3 is 0 Å². The zero-order valence-corrected chi connectivity index (χ0v) is 5.91. The van der Waals surface area contributed by atoms with Crippen LogP contribution in [0.15, 0.2) is 0 Å². The third-order valence-electron chi connectivity index (χ3n) is 2.26. The highest BCUT2D eigenvalue weighted by Crippen LogP contribution is 2.30. The number of hydrogen-bond donors (Lipinski definition) is 2. The first kappa shape index (κ1) is 7.03. The largest absolute Gasteiger partial charge is 0.390 e. The molecule has 1 aliphatic rings. The van der Waals surface area contributed by atoms with E-state index in [1.54, 1.807) is 0 Å². The molecule has 1 fully saturated rings. The van der Waals surface area contributed by atoms with E-state index in [2.05, 4.69) is 0 Å². The number of rotatable bonds is 0. The Morgan fingerprint density at radius 3 is 1.44 bits per heavy atom. The third kappa shape index (κ3) is 1.10. The molecule has 2 heteroatoms. The first-order valence-corrected chi connectivity index (χ1v) is 3.49. The Labute approximate surface area is 55.5 Å². The van der Waals surface area contributed by atoms with E-state index in [1.165, 1.54) is 0 Å². The van der Waals surface area contributed by atoms with Crippen LogP contribution in [0.3, 0.4) is 0 Å². The summed E-state index contributed by atoms with van der Waals surface area (Å²) >= 11 is 0. The second-order valence-electron chi connectivity index (χ2n) is 3.17. The first-order chi connectivity index (χ1) is 4.13. The van der Waals surface area contributed by atoms with Gasteiger partial charge in [-0.05, 0) is 18.3 Å². The standard InChI is InChI=1S/C7H14O2/c1-4-3-5(2)7(9)6(4)8/h4-9H,3H2,1-2H3. The molecular weight excluding hydrogens is 116 g/mol. The molecule has 0 aromatic heterocycles. The van der Waals surface area contributed by atoms with Crippen LogP contribution >= 0.6 is 0 Å². The van der Waals surface area contributed by atoms with E-state index >= 15 is 0 Å². The van der Waals surface area contributed by atoms with Gasteiger partial charge in [0.25, 0.3) is 0 Å². The van der Waals surface area contributed by atoms with E-state index in [0.29, 0.717) is 0 Å². The summed E-state index contributed by atoms with van der Waals surface area (Å²) in [6.45, 7) is 3.94. The average Bonchev–Trinajstić information content (AvgIpc) is 1.98. The molecule has 1 aliphatic carbocycles. The molecule has 2 N–H and O–H groups in total. The zero-order valence-electron chi connectivity index (χ0n) is 5.91. The molecule has 0 heterocycles. The predicted molar refractivity (Wildman–Crippen MR) is 35.0 cm³/mol. The predicted octanol–water partition coefficient (Wildman–Crippen LogP) is 0.384. The molecule has 0 spiro atoms. The monoisotopic (exact) mass is 130 g/mol. The van der Waals surface area contributed by atoms with Crippen molar-refractivity contribution in [2.45, 2.75) is 32.5 Å². The highest BCUT2D eigenvalue weighted by atomic mass is 16.3. The Morgan fingerprint density at radius 1 is 1.00 bits per heavy atom. The van der Waals surface area contributed by atoms with Gasteiger partial charge in [-0.1, -0.05) is 13.8 Å². The Hall–Kier alpha value is -0.0800. The Morgan fingerprint density at radius 2 is 1.33 bits per heavy atom. The van der Waals surface area contributed by atoms with Crippen molar-refractivity contribution in [3.05, 3.63) is 0 Å². The van der Waals surface area contributed by atoms with E-state index in [9.17, 15) is 10.2 Å². The van der Waals surface area contributed by atoms with Gasteiger partial charge in [-0.15, -0.1) is 0 Å². The topological polar surface area (TPSA) is 40.5 Å². The van der Waals surface area contributed by atoms with Gasteiger partial charge in [-0.2, -0.15) is 0 Å². The van der Waals surface area contributed by atoms with Gasteiger partial charge in [-0.3, -0.25) is 0 Å². The molecule has 9 heavy (non-hydrogen) atoms. The maximum Gasteiger partial charge on any atom is 0.0827 e. The highest BCUT2D eigenvalue weighted by molar-refractivity contribution is 4.86. The van der Waals surface area contributed by atoms with Crippen LogP contribution in [0.25, 0.3) is 0 Å². The lowest BCUT2D eigenvalue weighted by Gasteiger charge is -2.11. The van der Waals surface area contributed by atoms with Crippen LogP contribution in [0.4, 0.5) is 0 Å². The van der Waals surface area contributed by atoms with Crippen LogP contribution in [-0.4, -0.2) is 22.4 Å². The van der Waals surface area contributed by atoms with Crippen LogP contribution in [0.2, 0.25) is 0 Å². The van der Waals surface area contributed by atoms with Gasteiger partial charge in [0.15, 0.2) is 0 Å². The van der Waals surface area contributed by atoms with Crippen molar-refractivity contribution in [3.8, 4) is 0 Å². The molecule has 4 atom stereocenters. The van der Waals surface area contributed by atoms with E-state index < -0.39 is 12.2 Å². The second-order valence-corrected chi connectivity index (χ2v) is 3.17. The summed E-state index contributed by atoms with van der Waals surface area (Å²) in [6, 6.07) is 0. The van der Waals surface area contributed by atoms with Gasteiger partial charge in [0, 0.05) is 0 Å². The highest BCUT2D eigenvalue weighted by Gasteiger charge is 2.35. The van der Waals surface area contributed by atoms with Gasteiger partial charge in [0.2, 0.25) is 0 Å². The number of aliphatic hydroxyl groups excluding tert-OH is 2. The Balaban J connectivity index is 2.54. The van der Waals surface area contributed by atoms with Crippen molar-refractivity contribution in [3.63, 3.8) is 0 Å². The molecule has 0 saturated heterocycles. The summed E-state index contributed by atoms with van der Waals surface area (Å²) in [5, 5.41) is 18.4. The van der Waals surface area contributed by atoms with Crippen molar-refractivity contribution < 1.29 is 10.2 Å². The molecule has 0 bridgehead atoms. The van der Waals surface area contributed by atoms with Crippen molar-refractivity contribution in [2.24, 2.45) is 11.8 Å². The molecule has 4 unspecified atom stereocenters. The fourth-order valence-corrected chi connectivity index (χ4v) is 1.54. The quantitative estimate of drug-likeness (QED) is 0.498. The van der Waals surface area contributed by atoms with E-state index in [4.69, 9.17) is 0 Å². The molecule has 0 aromatic rings. The van der Waals surface area contributed by atoms with Crippen LogP contribution in [-0.2, 0) is 0 Å². The summed E-state index contributed by atoms with van der Waals surface area (Å²) in [5.41, 5.74) is 0. The molecule has 1 saturated carbocycles. The van der Waals surface area contributed by atoms with Crippen LogP contribution in [0.5, 0.6) is 0 Å². The van der Waals surface area contributed by atoms with Gasteiger partial charge in [0.05, 0.1) is 12.2 Å². The lowest BCUT2D eigenvalue weighted by atomic mass is 10.1. The summed E-state index contributed by atoms with van der Waals surface area (Å²) < 4.78 is 0. The summed E-state index contributed by atoms with van der Waals surface area (Å²) in [6.07, 6.45) is -0.0255. The fraction of sp³-hybridized carbons (Fsp3) is 1.00. The maximum atomic E-state index is 9.19. The molecular formula is C7H14O2. The smallest absolute Gasteiger partial charge is 0.0827 e. The molecule has 0 aromatic carbocycles. The van der Waals surface area contributed by atoms with Crippen LogP contribution < -0.4 is 0 Å². The molecule has 54 valence electrons. The summed E-state index contributed by atoms with van der Waals surface area (Å²) in [4.78, 5) is 0. The minimum atomic E-state index is -0.486. The fourth-order valence-electron chi connectivity index (χ4n) is 1.54. The summed E-state index contributed by atoms with van der Waals surface area (Å²) in [5.74, 6) is 0.546. The zero-order chi connectivity index (χ0) is 7.02. The molecule has 1 rings (SSSR count). The minimum absolute atomic E-state index is 0.273. The van der Waals surface area contributed by atoms with E-state index in [1.807, 2.05) is 13.8 Å². The van der Waals surface area contributed by atoms with E-state index in [0.717, 1.165) is 6.42 Å². The maximum absolute atomic E-state index is 9.19. The average molecular weight is 130 g/mol. The van der Waals surface area contributed by atoms with Gasteiger partial charge in [0.1, 0.15) is 0 Å². The number of aliphatic hydroxyl groups is 2. The lowest BCUT2D eigenvalue weighted by molar-refractivity contribution is 0.00981.